The number of carbonyl (C=O) groups is 1. The van der Waals surface area contributed by atoms with Crippen LogP contribution in [0.3, 0.4) is 0 Å². The first-order chi connectivity index (χ1) is 13.5. The van der Waals surface area contributed by atoms with Crippen LogP contribution in [0.4, 0.5) is 0 Å². The van der Waals surface area contributed by atoms with Gasteiger partial charge in [-0.2, -0.15) is 0 Å². The molecule has 0 saturated heterocycles. The number of halogens is 1. The highest BCUT2D eigenvalue weighted by Crippen LogP contribution is 2.32. The van der Waals surface area contributed by atoms with Crippen molar-refractivity contribution in [3.05, 3.63) is 76.4 Å². The fourth-order valence-electron chi connectivity index (χ4n) is 2.72. The van der Waals surface area contributed by atoms with Gasteiger partial charge in [-0.1, -0.05) is 29.3 Å². The van der Waals surface area contributed by atoms with Gasteiger partial charge in [-0.15, -0.1) is 0 Å². The molecule has 0 fully saturated rings. The van der Waals surface area contributed by atoms with Gasteiger partial charge in [0.15, 0.2) is 0 Å². The largest absolute Gasteiger partial charge is 0.493 e. The number of aryl methyl sites for hydroxylation is 1. The summed E-state index contributed by atoms with van der Waals surface area (Å²) in [6.07, 6.45) is 0. The Hall–Kier alpha value is -3.05. The average Bonchev–Trinajstić information content (AvgIpc) is 2.67. The summed E-state index contributed by atoms with van der Waals surface area (Å²) in [5, 5.41) is 10.1. The number of pyridine rings is 1. The van der Waals surface area contributed by atoms with E-state index in [0.717, 1.165) is 11.1 Å². The lowest BCUT2D eigenvalue weighted by atomic mass is 10.1. The molecule has 0 spiro atoms. The number of benzene rings is 2. The molecular weight excluding hydrogens is 378 g/mol. The van der Waals surface area contributed by atoms with E-state index in [4.69, 9.17) is 21.1 Å². The van der Waals surface area contributed by atoms with Crippen molar-refractivity contribution in [3.63, 3.8) is 0 Å². The van der Waals surface area contributed by atoms with Gasteiger partial charge in [0.2, 0.25) is 0 Å². The third-order valence-corrected chi connectivity index (χ3v) is 4.36. The number of hydrogen-bond donors (Lipinski definition) is 1. The number of nitrogens with zero attached hydrogens (tertiary/aromatic N) is 1. The molecular formula is C22H20ClNO4. The van der Waals surface area contributed by atoms with Crippen LogP contribution in [0.5, 0.6) is 11.5 Å². The molecule has 144 valence electrons. The van der Waals surface area contributed by atoms with Crippen LogP contribution in [-0.4, -0.2) is 22.7 Å². The molecule has 0 saturated carbocycles. The summed E-state index contributed by atoms with van der Waals surface area (Å²) >= 11 is 6.07. The van der Waals surface area contributed by atoms with Crippen molar-refractivity contribution in [3.8, 4) is 22.8 Å². The van der Waals surface area contributed by atoms with Gasteiger partial charge in [0, 0.05) is 10.6 Å². The van der Waals surface area contributed by atoms with Crippen LogP contribution in [0.25, 0.3) is 11.3 Å². The zero-order valence-electron chi connectivity index (χ0n) is 15.6. The minimum atomic E-state index is -1.05. The molecule has 1 N–H and O–H groups in total. The van der Waals surface area contributed by atoms with E-state index in [2.05, 4.69) is 4.98 Å². The number of hydrogen-bond acceptors (Lipinski definition) is 4. The number of carboxylic acids is 1. The van der Waals surface area contributed by atoms with E-state index in [-0.39, 0.29) is 12.2 Å². The molecule has 0 amide bonds. The van der Waals surface area contributed by atoms with E-state index in [1.54, 1.807) is 24.3 Å². The summed E-state index contributed by atoms with van der Waals surface area (Å²) in [5.74, 6) is 0.189. The summed E-state index contributed by atoms with van der Waals surface area (Å²) in [5.41, 5.74) is 2.88. The van der Waals surface area contributed by atoms with Crippen LogP contribution < -0.4 is 9.47 Å². The number of aromatic nitrogens is 1. The molecule has 1 aromatic heterocycles. The van der Waals surface area contributed by atoms with Crippen LogP contribution in [0.15, 0.2) is 54.6 Å². The van der Waals surface area contributed by atoms with Crippen molar-refractivity contribution in [2.75, 3.05) is 6.61 Å². The predicted octanol–water partition coefficient (Wildman–Crippen LogP) is 5.39. The number of ether oxygens (including phenoxy) is 2. The number of aromatic carboxylic acids is 1. The summed E-state index contributed by atoms with van der Waals surface area (Å²) in [7, 11) is 0. The van der Waals surface area contributed by atoms with Crippen LogP contribution in [0.1, 0.15) is 28.5 Å². The monoisotopic (exact) mass is 397 g/mol. The Morgan fingerprint density at radius 2 is 1.82 bits per heavy atom. The van der Waals surface area contributed by atoms with Gasteiger partial charge in [-0.25, -0.2) is 9.78 Å². The topological polar surface area (TPSA) is 68.7 Å². The number of carboxylic acid groups (broad SMARTS) is 1. The molecule has 0 bridgehead atoms. The standard InChI is InChI=1S/C22H20ClNO4/c1-3-27-21-12-15(23)6-9-17(21)19-11-10-18(22(25)26)20(24-19)13-28-16-7-4-14(2)5-8-16/h4-12H,3,13H2,1-2H3,(H,25,26). The zero-order valence-corrected chi connectivity index (χ0v) is 16.4. The van der Waals surface area contributed by atoms with Gasteiger partial charge in [0.25, 0.3) is 0 Å². The minimum absolute atomic E-state index is 0.0378. The first kappa shape index (κ1) is 19.7. The van der Waals surface area contributed by atoms with Crippen molar-refractivity contribution in [2.45, 2.75) is 20.5 Å². The quantitative estimate of drug-likeness (QED) is 0.579. The van der Waals surface area contributed by atoms with E-state index in [1.165, 1.54) is 6.07 Å². The van der Waals surface area contributed by atoms with Gasteiger partial charge in [0.1, 0.15) is 18.1 Å². The minimum Gasteiger partial charge on any atom is -0.493 e. The molecule has 0 atom stereocenters. The second kappa shape index (κ2) is 8.76. The molecule has 0 aliphatic rings. The van der Waals surface area contributed by atoms with E-state index in [0.29, 0.717) is 34.5 Å². The third kappa shape index (κ3) is 4.61. The van der Waals surface area contributed by atoms with Crippen molar-refractivity contribution in [2.24, 2.45) is 0 Å². The number of rotatable bonds is 7. The summed E-state index contributed by atoms with van der Waals surface area (Å²) in [6, 6.07) is 16.0. The first-order valence-corrected chi connectivity index (χ1v) is 9.21. The summed E-state index contributed by atoms with van der Waals surface area (Å²) in [6.45, 7) is 4.38. The van der Waals surface area contributed by atoms with Crippen molar-refractivity contribution in [1.82, 2.24) is 4.98 Å². The Morgan fingerprint density at radius 3 is 2.50 bits per heavy atom. The second-order valence-electron chi connectivity index (χ2n) is 6.17. The SMILES string of the molecule is CCOc1cc(Cl)ccc1-c1ccc(C(=O)O)c(COc2ccc(C)cc2)n1. The van der Waals surface area contributed by atoms with E-state index < -0.39 is 5.97 Å². The lowest BCUT2D eigenvalue weighted by molar-refractivity contribution is 0.0693. The van der Waals surface area contributed by atoms with E-state index >= 15 is 0 Å². The maximum absolute atomic E-state index is 11.6. The highest BCUT2D eigenvalue weighted by Gasteiger charge is 2.16. The molecule has 2 aromatic carbocycles. The molecule has 0 aliphatic carbocycles. The lowest BCUT2D eigenvalue weighted by Gasteiger charge is -2.13. The van der Waals surface area contributed by atoms with Crippen molar-refractivity contribution < 1.29 is 19.4 Å². The Balaban J connectivity index is 1.95. The first-order valence-electron chi connectivity index (χ1n) is 8.83. The second-order valence-corrected chi connectivity index (χ2v) is 6.61. The van der Waals surface area contributed by atoms with Crippen LogP contribution in [-0.2, 0) is 6.61 Å². The van der Waals surface area contributed by atoms with Crippen molar-refractivity contribution in [1.29, 1.82) is 0 Å². The fourth-order valence-corrected chi connectivity index (χ4v) is 2.89. The Bertz CT molecular complexity index is 986. The molecule has 0 radical (unpaired) electrons. The fraction of sp³-hybridized carbons (Fsp3) is 0.182. The van der Waals surface area contributed by atoms with Gasteiger partial charge in [-0.05, 0) is 56.3 Å². The van der Waals surface area contributed by atoms with Gasteiger partial charge in [-0.3, -0.25) is 0 Å². The Labute approximate surface area is 168 Å². The van der Waals surface area contributed by atoms with Gasteiger partial charge >= 0.3 is 5.97 Å². The van der Waals surface area contributed by atoms with Gasteiger partial charge < -0.3 is 14.6 Å². The highest BCUT2D eigenvalue weighted by atomic mass is 35.5. The van der Waals surface area contributed by atoms with Crippen LogP contribution in [0.2, 0.25) is 5.02 Å². The van der Waals surface area contributed by atoms with Crippen LogP contribution in [0, 0.1) is 6.92 Å². The van der Waals surface area contributed by atoms with E-state index in [9.17, 15) is 9.90 Å². The lowest BCUT2D eigenvalue weighted by Crippen LogP contribution is -2.09. The molecule has 6 heteroatoms. The van der Waals surface area contributed by atoms with E-state index in [1.807, 2.05) is 38.1 Å². The third-order valence-electron chi connectivity index (χ3n) is 4.12. The maximum atomic E-state index is 11.6. The highest BCUT2D eigenvalue weighted by molar-refractivity contribution is 6.30. The molecule has 3 aromatic rings. The summed E-state index contributed by atoms with van der Waals surface area (Å²) in [4.78, 5) is 16.1. The maximum Gasteiger partial charge on any atom is 0.337 e. The molecule has 28 heavy (non-hydrogen) atoms. The Morgan fingerprint density at radius 1 is 1.07 bits per heavy atom. The smallest absolute Gasteiger partial charge is 0.337 e. The normalized spacial score (nSPS) is 10.5. The predicted molar refractivity (Wildman–Crippen MR) is 108 cm³/mol. The molecule has 0 aliphatic heterocycles. The zero-order chi connectivity index (χ0) is 20.1. The van der Waals surface area contributed by atoms with Gasteiger partial charge in [0.05, 0.1) is 23.6 Å². The summed E-state index contributed by atoms with van der Waals surface area (Å²) < 4.78 is 11.4. The Kier molecular flexibility index (Phi) is 6.16. The average molecular weight is 398 g/mol. The molecule has 3 rings (SSSR count). The molecule has 0 unspecified atom stereocenters. The molecule has 5 nitrogen and oxygen atoms in total. The van der Waals surface area contributed by atoms with Crippen LogP contribution >= 0.6 is 11.6 Å². The molecule has 1 heterocycles. The van der Waals surface area contributed by atoms with Crippen molar-refractivity contribution >= 4 is 17.6 Å².